The van der Waals surface area contributed by atoms with Crippen LogP contribution >= 0.6 is 0 Å². The first-order valence-corrected chi connectivity index (χ1v) is 9.41. The van der Waals surface area contributed by atoms with Gasteiger partial charge in [-0.05, 0) is 30.5 Å². The number of pyridine rings is 1. The Balaban J connectivity index is 1.45. The van der Waals surface area contributed by atoms with Gasteiger partial charge >= 0.3 is 0 Å². The zero-order chi connectivity index (χ0) is 19.8. The lowest BCUT2D eigenvalue weighted by Crippen LogP contribution is -2.40. The van der Waals surface area contributed by atoms with E-state index in [1.54, 1.807) is 13.2 Å². The Morgan fingerprint density at radius 3 is 2.82 bits per heavy atom. The fourth-order valence-electron chi connectivity index (χ4n) is 2.81. The molecule has 0 radical (unpaired) electrons. The molecule has 7 nitrogen and oxygen atoms in total. The average Bonchev–Trinajstić information content (AvgIpc) is 3.20. The van der Waals surface area contributed by atoms with Crippen LogP contribution in [0.25, 0.3) is 11.6 Å². The molecule has 1 aromatic carbocycles. The summed E-state index contributed by atoms with van der Waals surface area (Å²) in [6, 6.07) is 14.2. The molecule has 28 heavy (non-hydrogen) atoms. The molecule has 0 saturated heterocycles. The standard InChI is InChI=1S/C21H26N6O/c1-15-7-6-8-17(13-15)16(2)14-25-21(22-3)24-12-10-19-26-20(28-27-19)18-9-4-5-11-23-18/h4-9,11,13,16H,10,12,14H2,1-3H3,(H2,22,24,25). The lowest BCUT2D eigenvalue weighted by atomic mass is 9.99. The van der Waals surface area contributed by atoms with E-state index in [0.29, 0.717) is 36.3 Å². The highest BCUT2D eigenvalue weighted by molar-refractivity contribution is 5.79. The molecular formula is C21H26N6O. The van der Waals surface area contributed by atoms with Gasteiger partial charge < -0.3 is 15.2 Å². The van der Waals surface area contributed by atoms with Crippen LogP contribution in [0.3, 0.4) is 0 Å². The van der Waals surface area contributed by atoms with Crippen molar-refractivity contribution in [1.29, 1.82) is 0 Å². The second kappa shape index (κ2) is 9.64. The number of nitrogens with zero attached hydrogens (tertiary/aromatic N) is 4. The van der Waals surface area contributed by atoms with Gasteiger partial charge in [-0.15, -0.1) is 0 Å². The number of aryl methyl sites for hydroxylation is 1. The number of aliphatic imine (C=N–C) groups is 1. The Bertz CT molecular complexity index is 906. The summed E-state index contributed by atoms with van der Waals surface area (Å²) < 4.78 is 5.27. The second-order valence-corrected chi connectivity index (χ2v) is 6.68. The van der Waals surface area contributed by atoms with Crippen LogP contribution in [0.5, 0.6) is 0 Å². The summed E-state index contributed by atoms with van der Waals surface area (Å²) in [4.78, 5) is 12.9. The SMILES string of the molecule is CN=C(NCCc1noc(-c2ccccn2)n1)NCC(C)c1cccc(C)c1. The highest BCUT2D eigenvalue weighted by Gasteiger charge is 2.10. The molecule has 2 heterocycles. The van der Waals surface area contributed by atoms with E-state index in [4.69, 9.17) is 4.52 Å². The molecule has 0 aliphatic carbocycles. The minimum atomic E-state index is 0.386. The molecule has 2 N–H and O–H groups in total. The Morgan fingerprint density at radius 2 is 2.07 bits per heavy atom. The van der Waals surface area contributed by atoms with Crippen LogP contribution in [-0.2, 0) is 6.42 Å². The van der Waals surface area contributed by atoms with Crippen LogP contribution in [0, 0.1) is 6.92 Å². The molecule has 0 aliphatic rings. The fourth-order valence-corrected chi connectivity index (χ4v) is 2.81. The van der Waals surface area contributed by atoms with Crippen molar-refractivity contribution in [3.8, 4) is 11.6 Å². The number of hydrogen-bond acceptors (Lipinski definition) is 5. The van der Waals surface area contributed by atoms with Crippen molar-refractivity contribution >= 4 is 5.96 Å². The first-order valence-electron chi connectivity index (χ1n) is 9.41. The Labute approximate surface area is 165 Å². The number of guanidine groups is 1. The van der Waals surface area contributed by atoms with E-state index in [1.165, 1.54) is 11.1 Å². The van der Waals surface area contributed by atoms with Gasteiger partial charge in [0, 0.05) is 32.8 Å². The molecule has 7 heteroatoms. The maximum absolute atomic E-state index is 5.27. The third-order valence-corrected chi connectivity index (χ3v) is 4.40. The van der Waals surface area contributed by atoms with E-state index >= 15 is 0 Å². The van der Waals surface area contributed by atoms with Gasteiger partial charge in [0.2, 0.25) is 0 Å². The number of rotatable bonds is 7. The topological polar surface area (TPSA) is 88.2 Å². The number of aromatic nitrogens is 3. The predicted octanol–water partition coefficient (Wildman–Crippen LogP) is 2.95. The van der Waals surface area contributed by atoms with Gasteiger partial charge in [-0.3, -0.25) is 9.98 Å². The van der Waals surface area contributed by atoms with Crippen molar-refractivity contribution in [3.05, 3.63) is 65.6 Å². The molecule has 146 valence electrons. The zero-order valence-electron chi connectivity index (χ0n) is 16.5. The molecule has 3 rings (SSSR count). The van der Waals surface area contributed by atoms with Gasteiger partial charge in [0.05, 0.1) is 0 Å². The van der Waals surface area contributed by atoms with Crippen molar-refractivity contribution in [1.82, 2.24) is 25.8 Å². The molecule has 0 saturated carbocycles. The third kappa shape index (κ3) is 5.39. The Kier molecular flexibility index (Phi) is 6.73. The van der Waals surface area contributed by atoms with E-state index in [9.17, 15) is 0 Å². The van der Waals surface area contributed by atoms with Crippen molar-refractivity contribution in [3.63, 3.8) is 0 Å². The predicted molar refractivity (Wildman–Crippen MR) is 110 cm³/mol. The van der Waals surface area contributed by atoms with E-state index in [0.717, 1.165) is 12.5 Å². The van der Waals surface area contributed by atoms with Gasteiger partial charge in [0.1, 0.15) is 5.69 Å². The fraction of sp³-hybridized carbons (Fsp3) is 0.333. The van der Waals surface area contributed by atoms with Gasteiger partial charge in [-0.1, -0.05) is 48.0 Å². The minimum absolute atomic E-state index is 0.386. The molecule has 3 aromatic rings. The largest absolute Gasteiger partial charge is 0.356 e. The lowest BCUT2D eigenvalue weighted by Gasteiger charge is -2.16. The molecule has 0 bridgehead atoms. The highest BCUT2D eigenvalue weighted by Crippen LogP contribution is 2.15. The lowest BCUT2D eigenvalue weighted by molar-refractivity contribution is 0.421. The summed E-state index contributed by atoms with van der Waals surface area (Å²) in [5, 5.41) is 10.7. The minimum Gasteiger partial charge on any atom is -0.356 e. The van der Waals surface area contributed by atoms with Crippen LogP contribution in [0.4, 0.5) is 0 Å². The normalized spacial score (nSPS) is 12.6. The summed E-state index contributed by atoms with van der Waals surface area (Å²) >= 11 is 0. The Hall–Kier alpha value is -3.22. The van der Waals surface area contributed by atoms with Crippen LogP contribution in [0.15, 0.2) is 58.2 Å². The van der Waals surface area contributed by atoms with Crippen molar-refractivity contribution < 1.29 is 4.52 Å². The van der Waals surface area contributed by atoms with Crippen molar-refractivity contribution in [2.45, 2.75) is 26.2 Å². The molecule has 1 unspecified atom stereocenters. The molecule has 0 fully saturated rings. The number of hydrogen-bond donors (Lipinski definition) is 2. The van der Waals surface area contributed by atoms with E-state index in [-0.39, 0.29) is 0 Å². The first kappa shape index (κ1) is 19.5. The summed E-state index contributed by atoms with van der Waals surface area (Å²) in [7, 11) is 1.76. The first-order chi connectivity index (χ1) is 13.7. The van der Waals surface area contributed by atoms with E-state index in [2.05, 4.69) is 68.9 Å². The smallest absolute Gasteiger partial charge is 0.276 e. The van der Waals surface area contributed by atoms with Gasteiger partial charge in [-0.25, -0.2) is 0 Å². The van der Waals surface area contributed by atoms with Crippen LogP contribution < -0.4 is 10.6 Å². The third-order valence-electron chi connectivity index (χ3n) is 4.40. The number of benzene rings is 1. The summed E-state index contributed by atoms with van der Waals surface area (Å²) in [6.45, 7) is 5.77. The van der Waals surface area contributed by atoms with E-state index < -0.39 is 0 Å². The molecule has 1 atom stereocenters. The monoisotopic (exact) mass is 378 g/mol. The quantitative estimate of drug-likeness (QED) is 0.485. The second-order valence-electron chi connectivity index (χ2n) is 6.68. The highest BCUT2D eigenvalue weighted by atomic mass is 16.5. The summed E-state index contributed by atoms with van der Waals surface area (Å²) in [5.41, 5.74) is 3.27. The average molecular weight is 378 g/mol. The van der Waals surface area contributed by atoms with Crippen LogP contribution in [0.1, 0.15) is 29.8 Å². The molecule has 2 aromatic heterocycles. The zero-order valence-corrected chi connectivity index (χ0v) is 16.5. The Morgan fingerprint density at radius 1 is 1.18 bits per heavy atom. The van der Waals surface area contributed by atoms with Gasteiger partial charge in [0.15, 0.2) is 11.8 Å². The van der Waals surface area contributed by atoms with Crippen LogP contribution in [-0.4, -0.2) is 41.2 Å². The molecule has 0 amide bonds. The molecule has 0 aliphatic heterocycles. The van der Waals surface area contributed by atoms with Crippen molar-refractivity contribution in [2.24, 2.45) is 4.99 Å². The van der Waals surface area contributed by atoms with Gasteiger partial charge in [0.25, 0.3) is 5.89 Å². The maximum atomic E-state index is 5.27. The van der Waals surface area contributed by atoms with Crippen LogP contribution in [0.2, 0.25) is 0 Å². The molecule has 0 spiro atoms. The van der Waals surface area contributed by atoms with Gasteiger partial charge in [-0.2, -0.15) is 4.98 Å². The number of nitrogens with one attached hydrogen (secondary N) is 2. The van der Waals surface area contributed by atoms with Crippen molar-refractivity contribution in [2.75, 3.05) is 20.1 Å². The molecular weight excluding hydrogens is 352 g/mol. The maximum Gasteiger partial charge on any atom is 0.276 e. The van der Waals surface area contributed by atoms with E-state index in [1.807, 2.05) is 18.2 Å². The summed E-state index contributed by atoms with van der Waals surface area (Å²) in [6.07, 6.45) is 2.33. The summed E-state index contributed by atoms with van der Waals surface area (Å²) in [5.74, 6) is 2.21.